The maximum atomic E-state index is 12.6. The summed E-state index contributed by atoms with van der Waals surface area (Å²) in [6.07, 6.45) is 2.50. The van der Waals surface area contributed by atoms with Crippen LogP contribution in [-0.2, 0) is 13.8 Å². The van der Waals surface area contributed by atoms with Crippen molar-refractivity contribution in [3.8, 4) is 11.5 Å². The molecule has 0 radical (unpaired) electrons. The largest absolute Gasteiger partial charge is 0.587 e. The second kappa shape index (κ2) is 6.87. The summed E-state index contributed by atoms with van der Waals surface area (Å²) < 4.78 is 36.7. The van der Waals surface area contributed by atoms with Crippen molar-refractivity contribution in [2.75, 3.05) is 24.7 Å². The van der Waals surface area contributed by atoms with Crippen molar-refractivity contribution in [3.63, 3.8) is 0 Å². The predicted octanol–water partition coefficient (Wildman–Crippen LogP) is 2.72. The Bertz CT molecular complexity index is 1090. The van der Waals surface area contributed by atoms with E-state index in [0.717, 1.165) is 0 Å². The summed E-state index contributed by atoms with van der Waals surface area (Å²) in [5.41, 5.74) is 6.99. The van der Waals surface area contributed by atoms with E-state index in [2.05, 4.69) is 20.3 Å². The molecule has 12 heteroatoms. The van der Waals surface area contributed by atoms with E-state index in [0.29, 0.717) is 41.3 Å². The van der Waals surface area contributed by atoms with Gasteiger partial charge in [0.15, 0.2) is 28.5 Å². The average Bonchev–Trinajstić information content (AvgIpc) is 3.41. The third kappa shape index (κ3) is 3.27. The van der Waals surface area contributed by atoms with Crippen LogP contribution < -0.4 is 20.1 Å². The molecule has 0 aliphatic carbocycles. The number of phosphoric ester groups is 1. The Balaban J connectivity index is 1.26. The maximum absolute atomic E-state index is 12.6. The topological polar surface area (TPSA) is 136 Å². The lowest BCUT2D eigenvalue weighted by molar-refractivity contribution is -0.0190. The van der Waals surface area contributed by atoms with Crippen LogP contribution in [0.25, 0.3) is 11.2 Å². The Hall–Kier alpha value is -2.88. The van der Waals surface area contributed by atoms with Gasteiger partial charge < -0.3 is 24.8 Å². The molecule has 0 amide bonds. The molecule has 5 rings (SSSR count). The molecule has 29 heavy (non-hydrogen) atoms. The van der Waals surface area contributed by atoms with Crippen molar-refractivity contribution in [1.29, 1.82) is 0 Å². The summed E-state index contributed by atoms with van der Waals surface area (Å²) in [6.45, 7) is 0.0767. The minimum atomic E-state index is -3.69. The van der Waals surface area contributed by atoms with E-state index in [1.807, 2.05) is 4.57 Å². The first-order chi connectivity index (χ1) is 14.0. The SMILES string of the molecule is CNc1nc(N)nc2c1ncn2[C@H]1CC[C@@H](COP2(=O)Oc3ccccc3O2)O1. The van der Waals surface area contributed by atoms with Gasteiger partial charge in [0.05, 0.1) is 19.0 Å². The van der Waals surface area contributed by atoms with Gasteiger partial charge in [0.25, 0.3) is 0 Å². The number of phosphoric acid groups is 1. The van der Waals surface area contributed by atoms with Crippen molar-refractivity contribution in [3.05, 3.63) is 30.6 Å². The molecule has 11 nitrogen and oxygen atoms in total. The molecule has 1 aromatic carbocycles. The van der Waals surface area contributed by atoms with Crippen LogP contribution in [0, 0.1) is 0 Å². The lowest BCUT2D eigenvalue weighted by Gasteiger charge is -2.16. The van der Waals surface area contributed by atoms with Crippen LogP contribution in [0.4, 0.5) is 11.8 Å². The number of aromatic nitrogens is 4. The highest BCUT2D eigenvalue weighted by atomic mass is 31.2. The minimum Gasteiger partial charge on any atom is -0.391 e. The predicted molar refractivity (Wildman–Crippen MR) is 104 cm³/mol. The molecule has 0 spiro atoms. The number of hydrogen-bond acceptors (Lipinski definition) is 10. The molecular formula is C17H19N6O5P. The highest BCUT2D eigenvalue weighted by Gasteiger charge is 2.40. The molecule has 152 valence electrons. The van der Waals surface area contributed by atoms with Crippen LogP contribution in [0.15, 0.2) is 30.6 Å². The molecule has 4 heterocycles. The molecule has 3 N–H and O–H groups in total. The van der Waals surface area contributed by atoms with Crippen LogP contribution >= 0.6 is 7.82 Å². The zero-order valence-electron chi connectivity index (χ0n) is 15.5. The molecule has 2 aliphatic rings. The Labute approximate surface area is 165 Å². The molecular weight excluding hydrogens is 399 g/mol. The fourth-order valence-corrected chi connectivity index (χ4v) is 4.70. The first-order valence-corrected chi connectivity index (χ1v) is 10.6. The summed E-state index contributed by atoms with van der Waals surface area (Å²) in [7, 11) is -1.94. The number of anilines is 2. The molecule has 3 aromatic rings. The first kappa shape index (κ1) is 18.2. The van der Waals surface area contributed by atoms with Gasteiger partial charge in [-0.25, -0.2) is 9.55 Å². The van der Waals surface area contributed by atoms with Gasteiger partial charge >= 0.3 is 7.82 Å². The summed E-state index contributed by atoms with van der Waals surface area (Å²) in [5, 5.41) is 2.96. The minimum absolute atomic E-state index is 0.0767. The molecule has 0 bridgehead atoms. The molecule has 2 aromatic heterocycles. The van der Waals surface area contributed by atoms with Crippen LogP contribution in [0.3, 0.4) is 0 Å². The van der Waals surface area contributed by atoms with Crippen LogP contribution in [0.2, 0.25) is 0 Å². The number of fused-ring (bicyclic) bond motifs is 2. The Morgan fingerprint density at radius 2 is 2.03 bits per heavy atom. The van der Waals surface area contributed by atoms with E-state index in [1.54, 1.807) is 37.6 Å². The highest BCUT2D eigenvalue weighted by Crippen LogP contribution is 2.58. The smallest absolute Gasteiger partial charge is 0.391 e. The van der Waals surface area contributed by atoms with Crippen LogP contribution in [0.5, 0.6) is 11.5 Å². The van der Waals surface area contributed by atoms with Gasteiger partial charge in [-0.2, -0.15) is 9.97 Å². The molecule has 1 saturated heterocycles. The zero-order chi connectivity index (χ0) is 20.0. The zero-order valence-corrected chi connectivity index (χ0v) is 16.4. The van der Waals surface area contributed by atoms with Crippen molar-refractivity contribution in [2.45, 2.75) is 25.2 Å². The quantitative estimate of drug-likeness (QED) is 0.595. The lowest BCUT2D eigenvalue weighted by Crippen LogP contribution is -2.17. The fraction of sp³-hybridized carbons (Fsp3) is 0.353. The number of rotatable bonds is 5. The van der Waals surface area contributed by atoms with Crippen molar-refractivity contribution >= 4 is 30.8 Å². The summed E-state index contributed by atoms with van der Waals surface area (Å²) in [4.78, 5) is 12.8. The van der Waals surface area contributed by atoms with Gasteiger partial charge in [0, 0.05) is 7.05 Å². The molecule has 0 saturated carbocycles. The third-order valence-electron chi connectivity index (χ3n) is 4.76. The maximum Gasteiger partial charge on any atom is 0.587 e. The monoisotopic (exact) mass is 418 g/mol. The molecule has 2 atom stereocenters. The lowest BCUT2D eigenvalue weighted by atomic mass is 10.2. The van der Waals surface area contributed by atoms with Crippen molar-refractivity contribution in [2.24, 2.45) is 0 Å². The molecule has 1 fully saturated rings. The van der Waals surface area contributed by atoms with Crippen LogP contribution in [-0.4, -0.2) is 39.3 Å². The molecule has 2 aliphatic heterocycles. The van der Waals surface area contributed by atoms with Crippen molar-refractivity contribution in [1.82, 2.24) is 19.5 Å². The van der Waals surface area contributed by atoms with Gasteiger partial charge in [-0.05, 0) is 25.0 Å². The highest BCUT2D eigenvalue weighted by molar-refractivity contribution is 7.49. The number of imidazole rings is 1. The van der Waals surface area contributed by atoms with E-state index in [-0.39, 0.29) is 24.9 Å². The number of nitrogens with two attached hydrogens (primary N) is 1. The van der Waals surface area contributed by atoms with Gasteiger partial charge in [-0.1, -0.05) is 12.1 Å². The van der Waals surface area contributed by atoms with Gasteiger partial charge in [0.1, 0.15) is 6.23 Å². The van der Waals surface area contributed by atoms with E-state index < -0.39 is 7.82 Å². The second-order valence-corrected chi connectivity index (χ2v) is 8.18. The fourth-order valence-electron chi connectivity index (χ4n) is 3.42. The number of para-hydroxylation sites is 2. The van der Waals surface area contributed by atoms with E-state index >= 15 is 0 Å². The second-order valence-electron chi connectivity index (χ2n) is 6.67. The Morgan fingerprint density at radius 3 is 2.76 bits per heavy atom. The van der Waals surface area contributed by atoms with E-state index in [4.69, 9.17) is 24.0 Å². The van der Waals surface area contributed by atoms with Gasteiger partial charge in [-0.15, -0.1) is 0 Å². The number of ether oxygens (including phenoxy) is 1. The average molecular weight is 418 g/mol. The van der Waals surface area contributed by atoms with Crippen molar-refractivity contribution < 1.29 is 22.9 Å². The summed E-state index contributed by atoms with van der Waals surface area (Å²) in [5.74, 6) is 1.51. The number of nitrogen functional groups attached to an aromatic ring is 1. The standard InChI is InChI=1S/C17H19N6O5P/c1-19-15-14-16(22-17(18)21-15)23(9-20-14)13-7-6-10(26-13)8-25-29(24)27-11-4-2-3-5-12(11)28-29/h2-5,9-10,13H,6-8H2,1H3,(H3,18,19,21,22)/t10-,13+/m0/s1. The molecule has 0 unspecified atom stereocenters. The summed E-state index contributed by atoms with van der Waals surface area (Å²) >= 11 is 0. The Kier molecular flexibility index (Phi) is 4.30. The van der Waals surface area contributed by atoms with E-state index in [9.17, 15) is 4.57 Å². The normalized spacial score (nSPS) is 22.2. The van der Waals surface area contributed by atoms with Gasteiger partial charge in [-0.3, -0.25) is 9.09 Å². The van der Waals surface area contributed by atoms with E-state index in [1.165, 1.54) is 0 Å². The van der Waals surface area contributed by atoms with Crippen LogP contribution in [0.1, 0.15) is 19.1 Å². The summed E-state index contributed by atoms with van der Waals surface area (Å²) in [6, 6.07) is 6.90. The first-order valence-electron chi connectivity index (χ1n) is 9.11. The number of hydrogen-bond donors (Lipinski definition) is 2. The number of nitrogens with zero attached hydrogens (tertiary/aromatic N) is 4. The van der Waals surface area contributed by atoms with Gasteiger partial charge in [0.2, 0.25) is 5.95 Å². The number of nitrogens with one attached hydrogen (secondary N) is 1. The Morgan fingerprint density at radius 1 is 1.28 bits per heavy atom. The third-order valence-corrected chi connectivity index (χ3v) is 6.06. The number of benzene rings is 1.